The zero-order chi connectivity index (χ0) is 25.5. The Morgan fingerprint density at radius 3 is 2.56 bits per heavy atom. The number of anilines is 1. The average Bonchev–Trinajstić information content (AvgIpc) is 3.16. The minimum Gasteiger partial charge on any atom is -0.363 e. The number of likely N-dealkylation sites (tertiary alicyclic amines) is 1. The molecule has 36 heavy (non-hydrogen) atoms. The van der Waals surface area contributed by atoms with Crippen LogP contribution in [0.1, 0.15) is 59.8 Å². The highest BCUT2D eigenvalue weighted by Gasteiger charge is 2.62. The van der Waals surface area contributed by atoms with Crippen molar-refractivity contribution < 1.29 is 22.4 Å². The highest BCUT2D eigenvalue weighted by atomic mass is 19.4. The van der Waals surface area contributed by atoms with E-state index in [1.54, 1.807) is 11.1 Å². The molecule has 5 nitrogen and oxygen atoms in total. The molecule has 1 saturated heterocycles. The smallest absolute Gasteiger partial charge is 0.363 e. The zero-order valence-electron chi connectivity index (χ0n) is 19.9. The fourth-order valence-corrected chi connectivity index (χ4v) is 6.10. The second-order valence-electron chi connectivity index (χ2n) is 10.9. The summed E-state index contributed by atoms with van der Waals surface area (Å²) in [5, 5.41) is 8.04. The summed E-state index contributed by atoms with van der Waals surface area (Å²) in [4.78, 5) is 15.4. The van der Waals surface area contributed by atoms with Crippen molar-refractivity contribution in [3.05, 3.63) is 82.8 Å². The van der Waals surface area contributed by atoms with E-state index in [0.29, 0.717) is 30.0 Å². The van der Waals surface area contributed by atoms with Gasteiger partial charge in [0.2, 0.25) is 0 Å². The van der Waals surface area contributed by atoms with Crippen molar-refractivity contribution in [3.8, 4) is 0 Å². The lowest BCUT2D eigenvalue weighted by atomic mass is 9.89. The van der Waals surface area contributed by atoms with Gasteiger partial charge in [0.05, 0.1) is 23.3 Å². The lowest BCUT2D eigenvalue weighted by Crippen LogP contribution is -2.39. The van der Waals surface area contributed by atoms with E-state index in [0.717, 1.165) is 30.5 Å². The Kier molecular flexibility index (Phi) is 4.85. The van der Waals surface area contributed by atoms with Crippen molar-refractivity contribution in [2.45, 2.75) is 49.9 Å². The van der Waals surface area contributed by atoms with Gasteiger partial charge in [0, 0.05) is 18.5 Å². The van der Waals surface area contributed by atoms with Crippen LogP contribution in [0, 0.1) is 11.7 Å². The number of fused-ring (bicyclic) bond motifs is 2. The monoisotopic (exact) mass is 498 g/mol. The minimum atomic E-state index is -4.74. The van der Waals surface area contributed by atoms with Crippen LogP contribution in [-0.2, 0) is 17.1 Å². The highest BCUT2D eigenvalue weighted by Crippen LogP contribution is 2.59. The number of nitrogens with zero attached hydrogens (tertiary/aromatic N) is 3. The van der Waals surface area contributed by atoms with Crippen LogP contribution in [0.15, 0.2) is 54.7 Å². The second kappa shape index (κ2) is 7.57. The van der Waals surface area contributed by atoms with Crippen LogP contribution in [0.5, 0.6) is 0 Å². The number of carbonyl (C=O) groups is 1. The Bertz CT molecular complexity index is 1350. The molecular formula is C27H26F4N4O. The quantitative estimate of drug-likeness (QED) is 0.468. The van der Waals surface area contributed by atoms with Gasteiger partial charge in [-0.3, -0.25) is 4.79 Å². The second-order valence-corrected chi connectivity index (χ2v) is 10.9. The third-order valence-electron chi connectivity index (χ3n) is 8.07. The zero-order valence-corrected chi connectivity index (χ0v) is 19.9. The summed E-state index contributed by atoms with van der Waals surface area (Å²) in [5.74, 6) is -0.674. The molecule has 2 fully saturated rings. The van der Waals surface area contributed by atoms with E-state index in [4.69, 9.17) is 0 Å². The van der Waals surface area contributed by atoms with E-state index in [-0.39, 0.29) is 23.4 Å². The van der Waals surface area contributed by atoms with Crippen molar-refractivity contribution in [3.63, 3.8) is 0 Å². The Hall–Kier alpha value is -3.36. The van der Waals surface area contributed by atoms with Crippen LogP contribution >= 0.6 is 0 Å². The van der Waals surface area contributed by atoms with Gasteiger partial charge in [0.1, 0.15) is 17.2 Å². The van der Waals surface area contributed by atoms with Gasteiger partial charge in [0.25, 0.3) is 5.91 Å². The first-order valence-electron chi connectivity index (χ1n) is 12.1. The molecule has 188 valence electrons. The number of carbonyl (C=O) groups excluding carboxylic acids is 1. The van der Waals surface area contributed by atoms with E-state index in [1.165, 1.54) is 6.07 Å². The number of hydrogen-bond donors (Lipinski definition) is 1. The molecule has 2 aliphatic heterocycles. The molecule has 9 heteroatoms. The number of aromatic nitrogens is 2. The normalized spacial score (nSPS) is 26.2. The fourth-order valence-electron chi connectivity index (χ4n) is 6.10. The number of rotatable bonds is 3. The van der Waals surface area contributed by atoms with Crippen LogP contribution in [0.3, 0.4) is 0 Å². The van der Waals surface area contributed by atoms with E-state index >= 15 is 0 Å². The van der Waals surface area contributed by atoms with E-state index in [1.807, 2.05) is 22.9 Å². The first-order chi connectivity index (χ1) is 17.0. The molecule has 1 amide bonds. The maximum absolute atomic E-state index is 14.3. The summed E-state index contributed by atoms with van der Waals surface area (Å²) in [7, 11) is 0. The number of alkyl halides is 3. The molecule has 0 bridgehead atoms. The summed E-state index contributed by atoms with van der Waals surface area (Å²) in [6.07, 6.45) is -1.61. The molecule has 1 aliphatic carbocycles. The molecular weight excluding hydrogens is 472 g/mol. The van der Waals surface area contributed by atoms with Crippen LogP contribution < -0.4 is 5.32 Å². The summed E-state index contributed by atoms with van der Waals surface area (Å²) in [6, 6.07) is 13.2. The van der Waals surface area contributed by atoms with Crippen molar-refractivity contribution in [2.75, 3.05) is 18.4 Å². The standard InChI is InChI=1S/C27H26F4N4O/c1-25(2)12-22(16-6-4-3-5-7-16)33-23-19(13-32-35(23)25)24(36)34-14-18-11-26(18,15-34)17-8-9-20(21(28)10-17)27(29,30)31/h3-10,13,18,22,33H,11-12,14-15H2,1-2H3/t18?,22-,26?/m1/s1. The Labute approximate surface area is 206 Å². The number of benzene rings is 2. The minimum absolute atomic E-state index is 0.0189. The highest BCUT2D eigenvalue weighted by molar-refractivity contribution is 5.99. The van der Waals surface area contributed by atoms with Crippen LogP contribution in [0.4, 0.5) is 23.4 Å². The lowest BCUT2D eigenvalue weighted by molar-refractivity contribution is -0.140. The molecule has 3 atom stereocenters. The number of nitrogens with one attached hydrogen (secondary N) is 1. The van der Waals surface area contributed by atoms with Gasteiger partial charge in [-0.2, -0.15) is 18.3 Å². The number of halogens is 4. The predicted molar refractivity (Wildman–Crippen MR) is 126 cm³/mol. The largest absolute Gasteiger partial charge is 0.419 e. The SMILES string of the molecule is CC1(C)C[C@H](c2ccccc2)Nc2c(C(=O)N3CC4CC4(c4ccc(C(F)(F)F)c(F)c4)C3)cnn21. The molecule has 1 aromatic heterocycles. The van der Waals surface area contributed by atoms with Crippen molar-refractivity contribution in [2.24, 2.45) is 5.92 Å². The molecule has 3 aliphatic rings. The molecule has 1 saturated carbocycles. The van der Waals surface area contributed by atoms with Crippen LogP contribution in [0.2, 0.25) is 0 Å². The van der Waals surface area contributed by atoms with E-state index < -0.39 is 23.0 Å². The van der Waals surface area contributed by atoms with Gasteiger partial charge in [-0.05, 0) is 55.9 Å². The maximum atomic E-state index is 14.3. The first-order valence-corrected chi connectivity index (χ1v) is 12.1. The van der Waals surface area contributed by atoms with Crippen molar-refractivity contribution in [1.82, 2.24) is 14.7 Å². The van der Waals surface area contributed by atoms with Crippen LogP contribution in [0.25, 0.3) is 0 Å². The van der Waals surface area contributed by atoms with Gasteiger partial charge in [-0.1, -0.05) is 36.4 Å². The molecule has 1 N–H and O–H groups in total. The van der Waals surface area contributed by atoms with Gasteiger partial charge in [0.15, 0.2) is 0 Å². The fraction of sp³-hybridized carbons (Fsp3) is 0.407. The third-order valence-corrected chi connectivity index (χ3v) is 8.07. The van der Waals surface area contributed by atoms with Gasteiger partial charge < -0.3 is 10.2 Å². The van der Waals surface area contributed by atoms with Crippen molar-refractivity contribution >= 4 is 11.7 Å². The molecule has 2 aromatic carbocycles. The molecule has 0 radical (unpaired) electrons. The summed E-state index contributed by atoms with van der Waals surface area (Å²) in [5.41, 5.74) is 0.0485. The number of hydrogen-bond acceptors (Lipinski definition) is 3. The summed E-state index contributed by atoms with van der Waals surface area (Å²) < 4.78 is 55.2. The number of piperidine rings is 1. The third kappa shape index (κ3) is 3.50. The molecule has 3 aromatic rings. The average molecular weight is 499 g/mol. The Balaban J connectivity index is 1.26. The van der Waals surface area contributed by atoms with Gasteiger partial charge >= 0.3 is 6.18 Å². The molecule has 0 spiro atoms. The van der Waals surface area contributed by atoms with Gasteiger partial charge in [-0.25, -0.2) is 9.07 Å². The van der Waals surface area contributed by atoms with E-state index in [2.05, 4.69) is 36.4 Å². The number of amides is 1. The summed E-state index contributed by atoms with van der Waals surface area (Å²) >= 11 is 0. The van der Waals surface area contributed by atoms with Crippen LogP contribution in [-0.4, -0.2) is 33.7 Å². The molecule has 6 rings (SSSR count). The first kappa shape index (κ1) is 23.1. The Morgan fingerprint density at radius 2 is 1.86 bits per heavy atom. The lowest BCUT2D eigenvalue weighted by Gasteiger charge is -2.38. The summed E-state index contributed by atoms with van der Waals surface area (Å²) in [6.45, 7) is 5.01. The van der Waals surface area contributed by atoms with Crippen molar-refractivity contribution in [1.29, 1.82) is 0 Å². The molecule has 2 unspecified atom stereocenters. The van der Waals surface area contributed by atoms with Gasteiger partial charge in [-0.15, -0.1) is 0 Å². The van der Waals surface area contributed by atoms with E-state index in [9.17, 15) is 22.4 Å². The Morgan fingerprint density at radius 1 is 1.11 bits per heavy atom. The predicted octanol–water partition coefficient (Wildman–Crippen LogP) is 5.75. The topological polar surface area (TPSA) is 50.2 Å². The molecule has 3 heterocycles. The maximum Gasteiger partial charge on any atom is 0.419 e.